The molecule has 0 radical (unpaired) electrons. The molecule has 1 N–H and O–H groups in total. The Hall–Kier alpha value is -0.730. The second-order valence-electron chi connectivity index (χ2n) is 4.18. The van der Waals surface area contributed by atoms with Crippen molar-refractivity contribution in [1.82, 2.24) is 14.7 Å². The molecular weight excluding hydrogens is 320 g/mol. The van der Waals surface area contributed by atoms with Crippen molar-refractivity contribution in [3.8, 4) is 0 Å². The van der Waals surface area contributed by atoms with Crippen LogP contribution in [-0.4, -0.2) is 43.8 Å². The largest absolute Gasteiger partial charge is 0.337 e. The van der Waals surface area contributed by atoms with Crippen molar-refractivity contribution in [2.45, 2.75) is 18.9 Å². The van der Waals surface area contributed by atoms with E-state index in [1.54, 1.807) is 12.4 Å². The molecule has 0 bridgehead atoms. The van der Waals surface area contributed by atoms with Crippen LogP contribution in [0.2, 0.25) is 0 Å². The zero-order valence-corrected chi connectivity index (χ0v) is 12.4. The van der Waals surface area contributed by atoms with E-state index in [9.17, 15) is 8.42 Å². The van der Waals surface area contributed by atoms with Crippen molar-refractivity contribution in [2.75, 3.05) is 24.2 Å². The van der Waals surface area contributed by atoms with E-state index in [1.807, 2.05) is 4.90 Å². The molecule has 0 spiro atoms. The number of rotatable bonds is 4. The van der Waals surface area contributed by atoms with Crippen LogP contribution in [0.15, 0.2) is 16.9 Å². The van der Waals surface area contributed by atoms with Gasteiger partial charge in [0.15, 0.2) is 0 Å². The van der Waals surface area contributed by atoms with Gasteiger partial charge in [-0.25, -0.2) is 23.1 Å². The molecule has 0 aromatic carbocycles. The minimum Gasteiger partial charge on any atom is -0.337 e. The van der Waals surface area contributed by atoms with Crippen LogP contribution < -0.4 is 9.62 Å². The van der Waals surface area contributed by atoms with Crippen molar-refractivity contribution >= 4 is 31.9 Å². The average molecular weight is 335 g/mol. The molecule has 0 aliphatic carbocycles. The second-order valence-corrected chi connectivity index (χ2v) is 7.06. The number of halogens is 1. The molecule has 100 valence electrons. The number of sulfonamides is 1. The molecule has 1 unspecified atom stereocenters. The van der Waals surface area contributed by atoms with Crippen molar-refractivity contribution in [1.29, 1.82) is 0 Å². The van der Waals surface area contributed by atoms with Crippen LogP contribution in [0.4, 0.5) is 5.95 Å². The Morgan fingerprint density at radius 3 is 2.78 bits per heavy atom. The van der Waals surface area contributed by atoms with Gasteiger partial charge in [-0.2, -0.15) is 0 Å². The predicted molar refractivity (Wildman–Crippen MR) is 72.9 cm³/mol. The van der Waals surface area contributed by atoms with E-state index in [1.165, 1.54) is 7.05 Å². The first kappa shape index (κ1) is 13.7. The Morgan fingerprint density at radius 1 is 1.50 bits per heavy atom. The summed E-state index contributed by atoms with van der Waals surface area (Å²) in [4.78, 5) is 10.4. The van der Waals surface area contributed by atoms with Crippen LogP contribution >= 0.6 is 15.9 Å². The van der Waals surface area contributed by atoms with Gasteiger partial charge in [0, 0.05) is 25.0 Å². The highest BCUT2D eigenvalue weighted by molar-refractivity contribution is 9.10. The topological polar surface area (TPSA) is 75.2 Å². The lowest BCUT2D eigenvalue weighted by atomic mass is 10.2. The Kier molecular flexibility index (Phi) is 4.18. The minimum atomic E-state index is -3.21. The molecule has 2 heterocycles. The Balaban J connectivity index is 2.15. The fourth-order valence-electron chi connectivity index (χ4n) is 2.06. The number of nitrogens with one attached hydrogen (secondary N) is 1. The van der Waals surface area contributed by atoms with Gasteiger partial charge in [-0.3, -0.25) is 0 Å². The van der Waals surface area contributed by atoms with Crippen LogP contribution in [-0.2, 0) is 10.0 Å². The molecule has 1 aliphatic heterocycles. The lowest BCUT2D eigenvalue weighted by Crippen LogP contribution is -2.39. The Morgan fingerprint density at radius 2 is 2.17 bits per heavy atom. The number of nitrogens with zero attached hydrogens (tertiary/aromatic N) is 3. The fraction of sp³-hybridized carbons (Fsp3) is 0.600. The van der Waals surface area contributed by atoms with Gasteiger partial charge in [-0.15, -0.1) is 0 Å². The standard InChI is InChI=1S/C10H15BrN4O2S/c1-12-18(16,17)7-9-3-2-4-15(9)10-13-5-8(11)6-14-10/h5-6,9,12H,2-4,7H2,1H3. The van der Waals surface area contributed by atoms with Gasteiger partial charge in [0.05, 0.1) is 10.2 Å². The van der Waals surface area contributed by atoms with Gasteiger partial charge in [0.25, 0.3) is 0 Å². The Bertz CT molecular complexity index is 505. The van der Waals surface area contributed by atoms with Gasteiger partial charge in [-0.1, -0.05) is 0 Å². The molecule has 1 aromatic heterocycles. The quantitative estimate of drug-likeness (QED) is 0.879. The van der Waals surface area contributed by atoms with Crippen LogP contribution in [0.25, 0.3) is 0 Å². The van der Waals surface area contributed by atoms with Crippen molar-refractivity contribution < 1.29 is 8.42 Å². The molecule has 1 aliphatic rings. The van der Waals surface area contributed by atoms with Crippen LogP contribution in [0.1, 0.15) is 12.8 Å². The highest BCUT2D eigenvalue weighted by atomic mass is 79.9. The molecule has 1 atom stereocenters. The van der Waals surface area contributed by atoms with Crippen molar-refractivity contribution in [3.05, 3.63) is 16.9 Å². The first-order valence-corrected chi connectivity index (χ1v) is 8.12. The summed E-state index contributed by atoms with van der Waals surface area (Å²) in [5, 5.41) is 0. The molecule has 18 heavy (non-hydrogen) atoms. The summed E-state index contributed by atoms with van der Waals surface area (Å²) in [6.07, 6.45) is 5.15. The Labute approximate surface area is 115 Å². The maximum absolute atomic E-state index is 11.6. The zero-order valence-electron chi connectivity index (χ0n) is 10.0. The van der Waals surface area contributed by atoms with Crippen molar-refractivity contribution in [2.24, 2.45) is 0 Å². The summed E-state index contributed by atoms with van der Waals surface area (Å²) in [7, 11) is -1.77. The molecule has 6 nitrogen and oxygen atoms in total. The summed E-state index contributed by atoms with van der Waals surface area (Å²) in [5.41, 5.74) is 0. The molecule has 0 saturated carbocycles. The third-order valence-electron chi connectivity index (χ3n) is 2.96. The highest BCUT2D eigenvalue weighted by Crippen LogP contribution is 2.23. The van der Waals surface area contributed by atoms with E-state index < -0.39 is 10.0 Å². The summed E-state index contributed by atoms with van der Waals surface area (Å²) < 4.78 is 26.4. The monoisotopic (exact) mass is 334 g/mol. The lowest BCUT2D eigenvalue weighted by molar-refractivity contribution is 0.577. The maximum atomic E-state index is 11.6. The maximum Gasteiger partial charge on any atom is 0.225 e. The van der Waals surface area contributed by atoms with Gasteiger partial charge >= 0.3 is 0 Å². The SMILES string of the molecule is CNS(=O)(=O)CC1CCCN1c1ncc(Br)cn1. The van der Waals surface area contributed by atoms with Gasteiger partial charge in [-0.05, 0) is 35.8 Å². The smallest absolute Gasteiger partial charge is 0.225 e. The summed E-state index contributed by atoms with van der Waals surface area (Å²) in [6, 6.07) is -0.0522. The van der Waals surface area contributed by atoms with Crippen LogP contribution in [0.3, 0.4) is 0 Å². The zero-order chi connectivity index (χ0) is 13.2. The number of hydrogen-bond donors (Lipinski definition) is 1. The number of anilines is 1. The van der Waals surface area contributed by atoms with E-state index in [4.69, 9.17) is 0 Å². The van der Waals surface area contributed by atoms with E-state index in [0.29, 0.717) is 5.95 Å². The molecule has 1 saturated heterocycles. The van der Waals surface area contributed by atoms with Crippen LogP contribution in [0, 0.1) is 0 Å². The van der Waals surface area contributed by atoms with Gasteiger partial charge in [0.1, 0.15) is 0 Å². The van der Waals surface area contributed by atoms with Gasteiger partial charge in [0.2, 0.25) is 16.0 Å². The molecule has 0 amide bonds. The van der Waals surface area contributed by atoms with Gasteiger partial charge < -0.3 is 4.90 Å². The summed E-state index contributed by atoms with van der Waals surface area (Å²) in [5.74, 6) is 0.676. The molecule has 8 heteroatoms. The highest BCUT2D eigenvalue weighted by Gasteiger charge is 2.30. The van der Waals surface area contributed by atoms with E-state index in [-0.39, 0.29) is 11.8 Å². The van der Waals surface area contributed by atoms with E-state index in [2.05, 4.69) is 30.6 Å². The second kappa shape index (κ2) is 5.50. The molecule has 1 fully saturated rings. The normalized spacial score (nSPS) is 20.3. The van der Waals surface area contributed by atoms with E-state index >= 15 is 0 Å². The summed E-state index contributed by atoms with van der Waals surface area (Å²) in [6.45, 7) is 0.797. The van der Waals surface area contributed by atoms with E-state index in [0.717, 1.165) is 23.9 Å². The van der Waals surface area contributed by atoms with Crippen LogP contribution in [0.5, 0.6) is 0 Å². The minimum absolute atomic E-state index is 0.0522. The first-order valence-electron chi connectivity index (χ1n) is 5.67. The first-order chi connectivity index (χ1) is 8.52. The predicted octanol–water partition coefficient (Wildman–Crippen LogP) is 0.757. The fourth-order valence-corrected chi connectivity index (χ4v) is 3.29. The number of aromatic nitrogens is 2. The molecular formula is C10H15BrN4O2S. The summed E-state index contributed by atoms with van der Waals surface area (Å²) >= 11 is 3.28. The molecule has 2 rings (SSSR count). The third-order valence-corrected chi connectivity index (χ3v) is 4.82. The number of hydrogen-bond acceptors (Lipinski definition) is 5. The average Bonchev–Trinajstić information content (AvgIpc) is 2.77. The lowest BCUT2D eigenvalue weighted by Gasteiger charge is -2.24. The third kappa shape index (κ3) is 3.18. The molecule has 1 aromatic rings. The van der Waals surface area contributed by atoms with Crippen molar-refractivity contribution in [3.63, 3.8) is 0 Å².